The van der Waals surface area contributed by atoms with E-state index in [0.717, 1.165) is 5.56 Å². The van der Waals surface area contributed by atoms with Gasteiger partial charge in [-0.25, -0.2) is 9.59 Å². The van der Waals surface area contributed by atoms with Crippen LogP contribution < -0.4 is 10.1 Å². The third-order valence-corrected chi connectivity index (χ3v) is 3.40. The molecule has 7 nitrogen and oxygen atoms in total. The van der Waals surface area contributed by atoms with E-state index in [1.54, 1.807) is 37.5 Å². The van der Waals surface area contributed by atoms with E-state index in [0.29, 0.717) is 12.2 Å². The van der Waals surface area contributed by atoms with Gasteiger partial charge in [0.2, 0.25) is 0 Å². The van der Waals surface area contributed by atoms with Crippen LogP contribution in [-0.2, 0) is 23.9 Å². The van der Waals surface area contributed by atoms with E-state index in [9.17, 15) is 14.4 Å². The maximum Gasteiger partial charge on any atom is 0.331 e. The Bertz CT molecular complexity index is 636. The van der Waals surface area contributed by atoms with Gasteiger partial charge in [-0.1, -0.05) is 26.0 Å². The summed E-state index contributed by atoms with van der Waals surface area (Å²) < 4.78 is 14.6. The molecule has 1 atom stereocenters. The fourth-order valence-corrected chi connectivity index (χ4v) is 2.13. The highest BCUT2D eigenvalue weighted by atomic mass is 16.5. The minimum Gasteiger partial charge on any atom is -0.497 e. The fourth-order valence-electron chi connectivity index (χ4n) is 2.13. The molecule has 1 amide bonds. The number of rotatable bonds is 9. The molecule has 0 radical (unpaired) electrons. The fraction of sp³-hybridized carbons (Fsp3) is 0.421. The van der Waals surface area contributed by atoms with Gasteiger partial charge in [-0.3, -0.25) is 4.79 Å². The molecule has 0 aliphatic carbocycles. The summed E-state index contributed by atoms with van der Waals surface area (Å²) in [6.45, 7) is 3.37. The van der Waals surface area contributed by atoms with E-state index in [2.05, 4.69) is 10.1 Å². The van der Waals surface area contributed by atoms with Crippen molar-refractivity contribution in [3.05, 3.63) is 35.9 Å². The van der Waals surface area contributed by atoms with E-state index in [-0.39, 0.29) is 5.92 Å². The molecule has 0 unspecified atom stereocenters. The molecule has 0 spiro atoms. The van der Waals surface area contributed by atoms with Gasteiger partial charge in [0.1, 0.15) is 11.8 Å². The normalized spacial score (nSPS) is 11.9. The van der Waals surface area contributed by atoms with Gasteiger partial charge in [0.05, 0.1) is 14.2 Å². The van der Waals surface area contributed by atoms with Crippen LogP contribution in [0, 0.1) is 5.92 Å². The summed E-state index contributed by atoms with van der Waals surface area (Å²) >= 11 is 0. The Balaban J connectivity index is 2.47. The van der Waals surface area contributed by atoms with Gasteiger partial charge in [-0.2, -0.15) is 0 Å². The van der Waals surface area contributed by atoms with Crippen molar-refractivity contribution in [3.63, 3.8) is 0 Å². The predicted octanol–water partition coefficient (Wildman–Crippen LogP) is 1.96. The van der Waals surface area contributed by atoms with Crippen LogP contribution in [0.2, 0.25) is 0 Å². The van der Waals surface area contributed by atoms with E-state index >= 15 is 0 Å². The van der Waals surface area contributed by atoms with Crippen LogP contribution >= 0.6 is 0 Å². The zero-order valence-electron chi connectivity index (χ0n) is 15.5. The van der Waals surface area contributed by atoms with Gasteiger partial charge in [-0.15, -0.1) is 0 Å². The van der Waals surface area contributed by atoms with Crippen LogP contribution in [0.25, 0.3) is 6.08 Å². The van der Waals surface area contributed by atoms with Gasteiger partial charge in [0.15, 0.2) is 6.61 Å². The van der Waals surface area contributed by atoms with Crippen LogP contribution in [-0.4, -0.2) is 44.7 Å². The zero-order chi connectivity index (χ0) is 19.5. The summed E-state index contributed by atoms with van der Waals surface area (Å²) in [4.78, 5) is 35.2. The average Bonchev–Trinajstić information content (AvgIpc) is 2.63. The Morgan fingerprint density at radius 2 is 1.77 bits per heavy atom. The van der Waals surface area contributed by atoms with Crippen LogP contribution in [0.15, 0.2) is 30.3 Å². The third kappa shape index (κ3) is 7.83. The van der Waals surface area contributed by atoms with Crippen molar-refractivity contribution in [2.75, 3.05) is 20.8 Å². The van der Waals surface area contributed by atoms with Crippen molar-refractivity contribution < 1.29 is 28.6 Å². The highest BCUT2D eigenvalue weighted by Crippen LogP contribution is 2.12. The van der Waals surface area contributed by atoms with Gasteiger partial charge in [0.25, 0.3) is 5.91 Å². The molecule has 7 heteroatoms. The zero-order valence-corrected chi connectivity index (χ0v) is 15.5. The first-order valence-electron chi connectivity index (χ1n) is 8.21. The van der Waals surface area contributed by atoms with Crippen LogP contribution in [0.1, 0.15) is 25.8 Å². The Kier molecular flexibility index (Phi) is 8.91. The number of methoxy groups -OCH3 is 2. The summed E-state index contributed by atoms with van der Waals surface area (Å²) in [6.07, 6.45) is 3.22. The minimum absolute atomic E-state index is 0.189. The lowest BCUT2D eigenvalue weighted by molar-refractivity contribution is -0.148. The molecule has 0 saturated heterocycles. The summed E-state index contributed by atoms with van der Waals surface area (Å²) in [5.74, 6) is -0.850. The van der Waals surface area contributed by atoms with E-state index in [1.807, 2.05) is 13.8 Å². The molecule has 142 valence electrons. The molecule has 0 aromatic heterocycles. The lowest BCUT2D eigenvalue weighted by Gasteiger charge is -2.18. The molecule has 1 aromatic carbocycles. The first kappa shape index (κ1) is 21.2. The maximum absolute atomic E-state index is 11.9. The van der Waals surface area contributed by atoms with E-state index in [1.165, 1.54) is 13.2 Å². The van der Waals surface area contributed by atoms with Crippen molar-refractivity contribution in [1.29, 1.82) is 0 Å². The summed E-state index contributed by atoms with van der Waals surface area (Å²) in [5, 5.41) is 2.51. The smallest absolute Gasteiger partial charge is 0.331 e. The number of esters is 2. The van der Waals surface area contributed by atoms with Crippen molar-refractivity contribution >= 4 is 23.9 Å². The number of benzene rings is 1. The van der Waals surface area contributed by atoms with Crippen LogP contribution in [0.5, 0.6) is 5.75 Å². The molecule has 0 aliphatic rings. The standard InChI is InChI=1S/C19H25NO6/c1-13(2)11-16(19(23)25-4)20-17(21)12-26-18(22)10-7-14-5-8-15(24-3)9-6-14/h5-10,13,16H,11-12H2,1-4H3,(H,20,21)/b10-7+/t16-/m1/s1. The van der Waals surface area contributed by atoms with Crippen molar-refractivity contribution in [2.45, 2.75) is 26.3 Å². The van der Waals surface area contributed by atoms with Gasteiger partial charge in [-0.05, 0) is 36.1 Å². The molecule has 1 rings (SSSR count). The van der Waals surface area contributed by atoms with E-state index < -0.39 is 30.5 Å². The second kappa shape index (κ2) is 10.9. The number of ether oxygens (including phenoxy) is 3. The Hall–Kier alpha value is -2.83. The Morgan fingerprint density at radius 3 is 2.31 bits per heavy atom. The van der Waals surface area contributed by atoms with Crippen molar-refractivity contribution in [3.8, 4) is 5.75 Å². The Morgan fingerprint density at radius 1 is 1.12 bits per heavy atom. The number of carbonyl (C=O) groups is 3. The lowest BCUT2D eigenvalue weighted by Crippen LogP contribution is -2.44. The number of carbonyl (C=O) groups excluding carboxylic acids is 3. The van der Waals surface area contributed by atoms with Crippen molar-refractivity contribution in [2.24, 2.45) is 5.92 Å². The molecule has 1 N–H and O–H groups in total. The van der Waals surface area contributed by atoms with Crippen molar-refractivity contribution in [1.82, 2.24) is 5.32 Å². The molecule has 0 bridgehead atoms. The largest absolute Gasteiger partial charge is 0.497 e. The van der Waals surface area contributed by atoms with E-state index in [4.69, 9.17) is 9.47 Å². The first-order chi connectivity index (χ1) is 12.3. The quantitative estimate of drug-likeness (QED) is 0.533. The molecular formula is C19H25NO6. The second-order valence-corrected chi connectivity index (χ2v) is 5.99. The van der Waals surface area contributed by atoms with Crippen LogP contribution in [0.3, 0.4) is 0 Å². The Labute approximate surface area is 153 Å². The number of hydrogen-bond acceptors (Lipinski definition) is 6. The molecule has 0 aliphatic heterocycles. The molecule has 26 heavy (non-hydrogen) atoms. The number of nitrogens with one attached hydrogen (secondary N) is 1. The molecular weight excluding hydrogens is 338 g/mol. The topological polar surface area (TPSA) is 90.9 Å². The molecule has 1 aromatic rings. The highest BCUT2D eigenvalue weighted by Gasteiger charge is 2.22. The molecule has 0 heterocycles. The monoisotopic (exact) mass is 363 g/mol. The summed E-state index contributed by atoms with van der Waals surface area (Å²) in [7, 11) is 2.82. The molecule has 0 saturated carbocycles. The van der Waals surface area contributed by atoms with Gasteiger partial charge < -0.3 is 19.5 Å². The summed E-state index contributed by atoms with van der Waals surface area (Å²) in [6, 6.07) is 6.33. The second-order valence-electron chi connectivity index (χ2n) is 5.99. The predicted molar refractivity (Wildman–Crippen MR) is 96.4 cm³/mol. The lowest BCUT2D eigenvalue weighted by atomic mass is 10.0. The minimum atomic E-state index is -0.763. The number of amides is 1. The molecule has 0 fully saturated rings. The summed E-state index contributed by atoms with van der Waals surface area (Å²) in [5.41, 5.74) is 0.787. The maximum atomic E-state index is 11.9. The number of hydrogen-bond donors (Lipinski definition) is 1. The SMILES string of the molecule is COC(=O)[C@@H](CC(C)C)NC(=O)COC(=O)/C=C/c1ccc(OC)cc1. The van der Waals surface area contributed by atoms with Gasteiger partial charge in [0, 0.05) is 6.08 Å². The van der Waals surface area contributed by atoms with Crippen LogP contribution in [0.4, 0.5) is 0 Å². The van der Waals surface area contributed by atoms with Gasteiger partial charge >= 0.3 is 11.9 Å². The highest BCUT2D eigenvalue weighted by molar-refractivity contribution is 5.90. The average molecular weight is 363 g/mol. The third-order valence-electron chi connectivity index (χ3n) is 3.40. The first-order valence-corrected chi connectivity index (χ1v) is 8.21.